The number of likely N-dealkylation sites (tertiary alicyclic amines) is 1. The van der Waals surface area contributed by atoms with Gasteiger partial charge in [0.2, 0.25) is 0 Å². The average molecular weight is 256 g/mol. The monoisotopic (exact) mass is 256 g/mol. The number of carbonyl (C=O) groups is 1. The Kier molecular flexibility index (Phi) is 6.65. The standard InChI is InChI=1S/C14H28N2O2/c1-4-5-6-13(14(17)18)16-9-7-12(8-10-16)11-15(2)3/h12-13H,4-11H2,1-3H3,(H,17,18). The van der Waals surface area contributed by atoms with Gasteiger partial charge in [0.15, 0.2) is 0 Å². The second kappa shape index (κ2) is 7.74. The van der Waals surface area contributed by atoms with E-state index in [-0.39, 0.29) is 6.04 Å². The van der Waals surface area contributed by atoms with Crippen LogP contribution in [0.2, 0.25) is 0 Å². The van der Waals surface area contributed by atoms with Gasteiger partial charge >= 0.3 is 5.97 Å². The van der Waals surface area contributed by atoms with E-state index in [4.69, 9.17) is 0 Å². The maximum atomic E-state index is 11.3. The van der Waals surface area contributed by atoms with Crippen molar-refractivity contribution in [2.45, 2.75) is 45.1 Å². The van der Waals surface area contributed by atoms with Crippen LogP contribution in [-0.2, 0) is 4.79 Å². The van der Waals surface area contributed by atoms with Gasteiger partial charge in [-0.05, 0) is 52.4 Å². The molecule has 18 heavy (non-hydrogen) atoms. The van der Waals surface area contributed by atoms with Crippen molar-refractivity contribution in [1.29, 1.82) is 0 Å². The van der Waals surface area contributed by atoms with Crippen molar-refractivity contribution in [2.24, 2.45) is 5.92 Å². The summed E-state index contributed by atoms with van der Waals surface area (Å²) in [6.45, 7) is 5.13. The summed E-state index contributed by atoms with van der Waals surface area (Å²) < 4.78 is 0. The van der Waals surface area contributed by atoms with Crippen molar-refractivity contribution < 1.29 is 9.90 Å². The summed E-state index contributed by atoms with van der Waals surface area (Å²) in [7, 11) is 4.21. The first-order valence-corrected chi connectivity index (χ1v) is 7.16. The molecule has 1 atom stereocenters. The molecular formula is C14H28N2O2. The Labute approximate surface area is 111 Å². The van der Waals surface area contributed by atoms with Gasteiger partial charge in [-0.15, -0.1) is 0 Å². The third-order valence-electron chi connectivity index (χ3n) is 3.83. The Morgan fingerprint density at radius 2 is 2.00 bits per heavy atom. The Hall–Kier alpha value is -0.610. The fraction of sp³-hybridized carbons (Fsp3) is 0.929. The molecule has 0 aromatic heterocycles. The van der Waals surface area contributed by atoms with Gasteiger partial charge in [-0.1, -0.05) is 19.8 Å². The quantitative estimate of drug-likeness (QED) is 0.755. The first kappa shape index (κ1) is 15.4. The lowest BCUT2D eigenvalue weighted by Crippen LogP contribution is -2.46. The van der Waals surface area contributed by atoms with E-state index in [0.717, 1.165) is 57.7 Å². The summed E-state index contributed by atoms with van der Waals surface area (Å²) in [6, 6.07) is -0.259. The predicted molar refractivity (Wildman–Crippen MR) is 73.8 cm³/mol. The first-order valence-electron chi connectivity index (χ1n) is 7.16. The maximum absolute atomic E-state index is 11.3. The fourth-order valence-electron chi connectivity index (χ4n) is 2.82. The van der Waals surface area contributed by atoms with Gasteiger partial charge in [0.25, 0.3) is 0 Å². The molecule has 0 aliphatic carbocycles. The summed E-state index contributed by atoms with van der Waals surface area (Å²) in [5, 5.41) is 9.31. The molecule has 106 valence electrons. The number of unbranched alkanes of at least 4 members (excludes halogenated alkanes) is 1. The lowest BCUT2D eigenvalue weighted by molar-refractivity contribution is -0.144. The normalized spacial score (nSPS) is 20.2. The third-order valence-corrected chi connectivity index (χ3v) is 3.83. The molecule has 1 aliphatic rings. The SMILES string of the molecule is CCCCC(C(=O)O)N1CCC(CN(C)C)CC1. The molecule has 4 nitrogen and oxygen atoms in total. The number of aliphatic carboxylic acids is 1. The number of hydrogen-bond donors (Lipinski definition) is 1. The van der Waals surface area contributed by atoms with E-state index in [1.54, 1.807) is 0 Å². The zero-order valence-corrected chi connectivity index (χ0v) is 12.1. The van der Waals surface area contributed by atoms with E-state index in [0.29, 0.717) is 0 Å². The maximum Gasteiger partial charge on any atom is 0.320 e. The van der Waals surface area contributed by atoms with Crippen molar-refractivity contribution in [3.05, 3.63) is 0 Å². The van der Waals surface area contributed by atoms with Crippen LogP contribution >= 0.6 is 0 Å². The van der Waals surface area contributed by atoms with Crippen LogP contribution in [0.5, 0.6) is 0 Å². The molecule has 0 spiro atoms. The van der Waals surface area contributed by atoms with Crippen molar-refractivity contribution in [2.75, 3.05) is 33.7 Å². The van der Waals surface area contributed by atoms with Crippen LogP contribution in [0.4, 0.5) is 0 Å². The van der Waals surface area contributed by atoms with Gasteiger partial charge in [-0.3, -0.25) is 9.69 Å². The number of rotatable bonds is 7. The number of carboxylic acids is 1. The molecule has 1 fully saturated rings. The first-order chi connectivity index (χ1) is 8.54. The highest BCUT2D eigenvalue weighted by atomic mass is 16.4. The molecule has 0 bridgehead atoms. The number of hydrogen-bond acceptors (Lipinski definition) is 3. The molecule has 1 N–H and O–H groups in total. The summed E-state index contributed by atoms with van der Waals surface area (Å²) in [5.41, 5.74) is 0. The third kappa shape index (κ3) is 4.94. The van der Waals surface area contributed by atoms with E-state index >= 15 is 0 Å². The van der Waals surface area contributed by atoms with E-state index in [9.17, 15) is 9.90 Å². The highest BCUT2D eigenvalue weighted by molar-refractivity contribution is 5.73. The van der Waals surface area contributed by atoms with Crippen LogP contribution < -0.4 is 0 Å². The topological polar surface area (TPSA) is 43.8 Å². The van der Waals surface area contributed by atoms with Crippen LogP contribution in [0.15, 0.2) is 0 Å². The van der Waals surface area contributed by atoms with Crippen LogP contribution in [0.1, 0.15) is 39.0 Å². The lowest BCUT2D eigenvalue weighted by Gasteiger charge is -2.36. The molecule has 1 unspecified atom stereocenters. The van der Waals surface area contributed by atoms with E-state index in [1.807, 2.05) is 0 Å². The molecule has 1 rings (SSSR count). The van der Waals surface area contributed by atoms with Crippen molar-refractivity contribution in [3.63, 3.8) is 0 Å². The zero-order chi connectivity index (χ0) is 13.5. The van der Waals surface area contributed by atoms with Crippen LogP contribution in [-0.4, -0.2) is 60.6 Å². The Morgan fingerprint density at radius 1 is 1.39 bits per heavy atom. The molecule has 0 radical (unpaired) electrons. The van der Waals surface area contributed by atoms with Crippen molar-refractivity contribution in [1.82, 2.24) is 9.80 Å². The Bertz CT molecular complexity index is 248. The number of carboxylic acid groups (broad SMARTS) is 1. The molecule has 0 saturated carbocycles. The number of nitrogens with zero attached hydrogens (tertiary/aromatic N) is 2. The molecule has 1 saturated heterocycles. The van der Waals surface area contributed by atoms with Crippen molar-refractivity contribution >= 4 is 5.97 Å². The smallest absolute Gasteiger partial charge is 0.320 e. The van der Waals surface area contributed by atoms with Gasteiger partial charge < -0.3 is 10.0 Å². The van der Waals surface area contributed by atoms with E-state index in [1.165, 1.54) is 0 Å². The highest BCUT2D eigenvalue weighted by Gasteiger charge is 2.29. The highest BCUT2D eigenvalue weighted by Crippen LogP contribution is 2.21. The molecule has 0 aromatic rings. The predicted octanol–water partition coefficient (Wildman–Crippen LogP) is 1.90. The van der Waals surface area contributed by atoms with Gasteiger partial charge in [0, 0.05) is 6.54 Å². The van der Waals surface area contributed by atoms with Gasteiger partial charge in [-0.2, -0.15) is 0 Å². The minimum Gasteiger partial charge on any atom is -0.480 e. The molecule has 0 amide bonds. The molecule has 1 heterocycles. The second-order valence-corrected chi connectivity index (χ2v) is 5.74. The Balaban J connectivity index is 2.41. The largest absolute Gasteiger partial charge is 0.480 e. The summed E-state index contributed by atoms with van der Waals surface area (Å²) in [4.78, 5) is 15.7. The molecule has 1 aliphatic heterocycles. The molecule has 0 aromatic carbocycles. The van der Waals surface area contributed by atoms with Crippen LogP contribution in [0.25, 0.3) is 0 Å². The Morgan fingerprint density at radius 3 is 2.44 bits per heavy atom. The summed E-state index contributed by atoms with van der Waals surface area (Å²) in [5.74, 6) is 0.0892. The van der Waals surface area contributed by atoms with E-state index in [2.05, 4.69) is 30.8 Å². The van der Waals surface area contributed by atoms with Crippen LogP contribution in [0, 0.1) is 5.92 Å². The second-order valence-electron chi connectivity index (χ2n) is 5.74. The molecule has 4 heteroatoms. The number of piperidine rings is 1. The van der Waals surface area contributed by atoms with Gasteiger partial charge in [0.1, 0.15) is 6.04 Å². The fourth-order valence-corrected chi connectivity index (χ4v) is 2.82. The summed E-state index contributed by atoms with van der Waals surface area (Å²) >= 11 is 0. The molecular weight excluding hydrogens is 228 g/mol. The van der Waals surface area contributed by atoms with E-state index < -0.39 is 5.97 Å². The zero-order valence-electron chi connectivity index (χ0n) is 12.1. The van der Waals surface area contributed by atoms with Crippen molar-refractivity contribution in [3.8, 4) is 0 Å². The summed E-state index contributed by atoms with van der Waals surface area (Å²) in [6.07, 6.45) is 5.14. The minimum atomic E-state index is -0.644. The van der Waals surface area contributed by atoms with Crippen LogP contribution in [0.3, 0.4) is 0 Å². The minimum absolute atomic E-state index is 0.259. The van der Waals surface area contributed by atoms with Gasteiger partial charge in [0.05, 0.1) is 0 Å². The lowest BCUT2D eigenvalue weighted by atomic mass is 9.94. The average Bonchev–Trinajstić information content (AvgIpc) is 2.30. The van der Waals surface area contributed by atoms with Gasteiger partial charge in [-0.25, -0.2) is 0 Å².